The van der Waals surface area contributed by atoms with Crippen LogP contribution in [0.25, 0.3) is 0 Å². The standard InChI is InChI=1S/C17H20N2O3S/c1-13-2-4-15(5-3-13)22-10-9-18-16(20)6-8-19-17(21)14-7-11-23-12-14/h2-5,7,11-12H,6,8-10H2,1H3,(H,18,20)(H,19,21). The van der Waals surface area contributed by atoms with E-state index in [1.54, 1.807) is 11.4 Å². The van der Waals surface area contributed by atoms with Gasteiger partial charge in [-0.15, -0.1) is 0 Å². The molecule has 0 aliphatic rings. The average molecular weight is 332 g/mol. The van der Waals surface area contributed by atoms with Gasteiger partial charge in [0.15, 0.2) is 0 Å². The van der Waals surface area contributed by atoms with Crippen LogP contribution < -0.4 is 15.4 Å². The lowest BCUT2D eigenvalue weighted by Gasteiger charge is -2.08. The molecule has 0 spiro atoms. The molecule has 0 saturated heterocycles. The van der Waals surface area contributed by atoms with Crippen molar-refractivity contribution in [2.75, 3.05) is 19.7 Å². The minimum atomic E-state index is -0.151. The molecule has 1 heterocycles. The fourth-order valence-corrected chi connectivity index (χ4v) is 2.50. The highest BCUT2D eigenvalue weighted by atomic mass is 32.1. The quantitative estimate of drug-likeness (QED) is 0.729. The number of thiophene rings is 1. The minimum absolute atomic E-state index is 0.108. The summed E-state index contributed by atoms with van der Waals surface area (Å²) < 4.78 is 5.52. The van der Waals surface area contributed by atoms with Crippen LogP contribution in [0, 0.1) is 6.92 Å². The van der Waals surface area contributed by atoms with E-state index >= 15 is 0 Å². The van der Waals surface area contributed by atoms with Gasteiger partial charge in [-0.1, -0.05) is 17.7 Å². The Labute approximate surface area is 139 Å². The van der Waals surface area contributed by atoms with Gasteiger partial charge in [0, 0.05) is 23.9 Å². The van der Waals surface area contributed by atoms with Gasteiger partial charge in [0.05, 0.1) is 6.54 Å². The van der Waals surface area contributed by atoms with Crippen LogP contribution in [0.2, 0.25) is 0 Å². The molecule has 0 unspecified atom stereocenters. The van der Waals surface area contributed by atoms with E-state index in [1.807, 2.05) is 36.6 Å². The van der Waals surface area contributed by atoms with E-state index in [0.29, 0.717) is 25.3 Å². The van der Waals surface area contributed by atoms with Crippen molar-refractivity contribution in [2.24, 2.45) is 0 Å². The van der Waals surface area contributed by atoms with Crippen LogP contribution in [0.5, 0.6) is 5.75 Å². The number of benzene rings is 1. The predicted molar refractivity (Wildman–Crippen MR) is 91.0 cm³/mol. The molecule has 2 N–H and O–H groups in total. The van der Waals surface area contributed by atoms with Gasteiger partial charge in [0.2, 0.25) is 5.91 Å². The molecule has 0 radical (unpaired) electrons. The zero-order valence-corrected chi connectivity index (χ0v) is 13.8. The molecular weight excluding hydrogens is 312 g/mol. The minimum Gasteiger partial charge on any atom is -0.492 e. The van der Waals surface area contributed by atoms with E-state index in [2.05, 4.69) is 10.6 Å². The largest absolute Gasteiger partial charge is 0.492 e. The Hall–Kier alpha value is -2.34. The zero-order chi connectivity index (χ0) is 16.5. The first-order valence-electron chi connectivity index (χ1n) is 7.42. The summed E-state index contributed by atoms with van der Waals surface area (Å²) in [5.74, 6) is 0.526. The van der Waals surface area contributed by atoms with Crippen molar-refractivity contribution in [3.8, 4) is 5.75 Å². The smallest absolute Gasteiger partial charge is 0.252 e. The van der Waals surface area contributed by atoms with E-state index in [-0.39, 0.29) is 18.2 Å². The molecule has 0 fully saturated rings. The Kier molecular flexibility index (Phi) is 6.62. The topological polar surface area (TPSA) is 67.4 Å². The molecule has 0 saturated carbocycles. The number of rotatable bonds is 8. The molecule has 6 heteroatoms. The Bertz CT molecular complexity index is 624. The third-order valence-corrected chi connectivity index (χ3v) is 3.82. The molecule has 0 atom stereocenters. The highest BCUT2D eigenvalue weighted by Gasteiger charge is 2.06. The highest BCUT2D eigenvalue weighted by molar-refractivity contribution is 7.08. The van der Waals surface area contributed by atoms with Crippen molar-refractivity contribution in [1.82, 2.24) is 10.6 Å². The molecule has 0 aliphatic carbocycles. The summed E-state index contributed by atoms with van der Waals surface area (Å²) in [5, 5.41) is 9.09. The maximum atomic E-state index is 11.7. The zero-order valence-electron chi connectivity index (χ0n) is 13.0. The third kappa shape index (κ3) is 6.12. The average Bonchev–Trinajstić information content (AvgIpc) is 3.08. The first-order valence-corrected chi connectivity index (χ1v) is 8.36. The second-order valence-corrected chi connectivity index (χ2v) is 5.81. The number of aryl methyl sites for hydroxylation is 1. The summed E-state index contributed by atoms with van der Waals surface area (Å²) >= 11 is 1.47. The van der Waals surface area contributed by atoms with Crippen LogP contribution in [0.3, 0.4) is 0 Å². The second-order valence-electron chi connectivity index (χ2n) is 5.03. The van der Waals surface area contributed by atoms with Crippen LogP contribution >= 0.6 is 11.3 Å². The summed E-state index contributed by atoms with van der Waals surface area (Å²) in [4.78, 5) is 23.3. The number of hydrogen-bond donors (Lipinski definition) is 2. The number of carbonyl (C=O) groups is 2. The van der Waals surface area contributed by atoms with E-state index < -0.39 is 0 Å². The van der Waals surface area contributed by atoms with Crippen LogP contribution in [-0.4, -0.2) is 31.5 Å². The second kappa shape index (κ2) is 8.95. The van der Waals surface area contributed by atoms with Crippen molar-refractivity contribution in [3.63, 3.8) is 0 Å². The fourth-order valence-electron chi connectivity index (χ4n) is 1.87. The lowest BCUT2D eigenvalue weighted by atomic mass is 10.2. The molecule has 1 aromatic carbocycles. The lowest BCUT2D eigenvalue weighted by molar-refractivity contribution is -0.121. The summed E-state index contributed by atoms with van der Waals surface area (Å²) in [6.45, 7) is 3.18. The number of nitrogens with one attached hydrogen (secondary N) is 2. The van der Waals surface area contributed by atoms with E-state index in [1.165, 1.54) is 16.9 Å². The normalized spacial score (nSPS) is 10.1. The Balaban J connectivity index is 1.55. The number of carbonyl (C=O) groups excluding carboxylic acids is 2. The van der Waals surface area contributed by atoms with Crippen LogP contribution in [0.4, 0.5) is 0 Å². The summed E-state index contributed by atoms with van der Waals surface area (Å²) in [7, 11) is 0. The van der Waals surface area contributed by atoms with Gasteiger partial charge in [0.25, 0.3) is 5.91 Å². The van der Waals surface area contributed by atoms with Crippen LogP contribution in [-0.2, 0) is 4.79 Å². The van der Waals surface area contributed by atoms with Crippen molar-refractivity contribution >= 4 is 23.2 Å². The van der Waals surface area contributed by atoms with Crippen molar-refractivity contribution in [2.45, 2.75) is 13.3 Å². The van der Waals surface area contributed by atoms with Crippen molar-refractivity contribution in [3.05, 3.63) is 52.2 Å². The van der Waals surface area contributed by atoms with Crippen LogP contribution in [0.15, 0.2) is 41.1 Å². The Morgan fingerprint density at radius 2 is 1.87 bits per heavy atom. The Morgan fingerprint density at radius 3 is 2.57 bits per heavy atom. The molecule has 0 bridgehead atoms. The summed E-state index contributed by atoms with van der Waals surface area (Å²) in [6.07, 6.45) is 0.250. The highest BCUT2D eigenvalue weighted by Crippen LogP contribution is 2.10. The Morgan fingerprint density at radius 1 is 1.09 bits per heavy atom. The van der Waals surface area contributed by atoms with Crippen molar-refractivity contribution < 1.29 is 14.3 Å². The van der Waals surface area contributed by atoms with E-state index in [4.69, 9.17) is 4.74 Å². The van der Waals surface area contributed by atoms with Crippen LogP contribution in [0.1, 0.15) is 22.3 Å². The number of ether oxygens (including phenoxy) is 1. The maximum Gasteiger partial charge on any atom is 0.252 e. The first kappa shape index (κ1) is 17.0. The summed E-state index contributed by atoms with van der Waals surface area (Å²) in [5.41, 5.74) is 1.80. The third-order valence-electron chi connectivity index (χ3n) is 3.13. The van der Waals surface area contributed by atoms with Gasteiger partial charge in [0.1, 0.15) is 12.4 Å². The van der Waals surface area contributed by atoms with Gasteiger partial charge < -0.3 is 15.4 Å². The molecular formula is C17H20N2O3S. The SMILES string of the molecule is Cc1ccc(OCCNC(=O)CCNC(=O)c2ccsc2)cc1. The van der Waals surface area contributed by atoms with Gasteiger partial charge in [-0.2, -0.15) is 11.3 Å². The van der Waals surface area contributed by atoms with Gasteiger partial charge >= 0.3 is 0 Å². The van der Waals surface area contributed by atoms with E-state index in [9.17, 15) is 9.59 Å². The molecule has 2 amide bonds. The monoisotopic (exact) mass is 332 g/mol. The molecule has 0 aliphatic heterocycles. The van der Waals surface area contributed by atoms with Gasteiger partial charge in [-0.05, 0) is 30.5 Å². The molecule has 122 valence electrons. The fraction of sp³-hybridized carbons (Fsp3) is 0.294. The van der Waals surface area contributed by atoms with E-state index in [0.717, 1.165) is 5.75 Å². The number of amides is 2. The van der Waals surface area contributed by atoms with Gasteiger partial charge in [-0.3, -0.25) is 9.59 Å². The molecule has 1 aromatic heterocycles. The predicted octanol–water partition coefficient (Wildman–Crippen LogP) is 2.37. The number of hydrogen-bond acceptors (Lipinski definition) is 4. The maximum absolute atomic E-state index is 11.7. The molecule has 23 heavy (non-hydrogen) atoms. The molecule has 2 rings (SSSR count). The van der Waals surface area contributed by atoms with Crippen molar-refractivity contribution in [1.29, 1.82) is 0 Å². The summed E-state index contributed by atoms with van der Waals surface area (Å²) in [6, 6.07) is 9.50. The molecule has 2 aromatic rings. The first-order chi connectivity index (χ1) is 11.1. The molecule has 5 nitrogen and oxygen atoms in total. The van der Waals surface area contributed by atoms with Gasteiger partial charge in [-0.25, -0.2) is 0 Å². The lowest BCUT2D eigenvalue weighted by Crippen LogP contribution is -2.32.